The van der Waals surface area contributed by atoms with Gasteiger partial charge in [0.25, 0.3) is 0 Å². The smallest absolute Gasteiger partial charge is 0.312 e. The summed E-state index contributed by atoms with van der Waals surface area (Å²) in [5.41, 5.74) is 0.878. The minimum absolute atomic E-state index is 0.0289. The van der Waals surface area contributed by atoms with Crippen LogP contribution in [0.25, 0.3) is 0 Å². The summed E-state index contributed by atoms with van der Waals surface area (Å²) >= 11 is 0. The molecule has 11 heteroatoms. The van der Waals surface area contributed by atoms with E-state index in [1.165, 1.54) is 9.21 Å². The number of piperazine rings is 1. The quantitative estimate of drug-likeness (QED) is 0.566. The highest BCUT2D eigenvalue weighted by atomic mass is 32.2. The fourth-order valence-electron chi connectivity index (χ4n) is 3.80. The molecule has 3 rings (SSSR count). The van der Waals surface area contributed by atoms with Gasteiger partial charge in [-0.05, 0) is 38.0 Å². The molecule has 0 aliphatic carbocycles. The summed E-state index contributed by atoms with van der Waals surface area (Å²) in [5, 5.41) is 2.59. The first-order chi connectivity index (χ1) is 15.7. The van der Waals surface area contributed by atoms with Gasteiger partial charge >= 0.3 is 11.8 Å². The maximum Gasteiger partial charge on any atom is 0.312 e. The van der Waals surface area contributed by atoms with Crippen LogP contribution in [0.1, 0.15) is 25.8 Å². The molecule has 2 aliphatic rings. The lowest BCUT2D eigenvalue weighted by atomic mass is 10.1. The van der Waals surface area contributed by atoms with Crippen LogP contribution < -0.4 is 5.32 Å². The number of aryl methyl sites for hydroxylation is 1. The van der Waals surface area contributed by atoms with Crippen LogP contribution in [0.3, 0.4) is 0 Å². The largest absolute Gasteiger partial charge is 0.379 e. The van der Waals surface area contributed by atoms with Gasteiger partial charge in [-0.1, -0.05) is 12.1 Å². The van der Waals surface area contributed by atoms with E-state index in [-0.39, 0.29) is 23.3 Å². The second kappa shape index (κ2) is 11.1. The Morgan fingerprint density at radius 1 is 0.939 bits per heavy atom. The van der Waals surface area contributed by atoms with Crippen molar-refractivity contribution < 1.29 is 27.5 Å². The van der Waals surface area contributed by atoms with Gasteiger partial charge in [0.15, 0.2) is 0 Å². The van der Waals surface area contributed by atoms with Gasteiger partial charge in [0.1, 0.15) is 0 Å². The van der Waals surface area contributed by atoms with Gasteiger partial charge in [0.05, 0.1) is 18.1 Å². The van der Waals surface area contributed by atoms with Gasteiger partial charge in [0.2, 0.25) is 15.9 Å². The van der Waals surface area contributed by atoms with Crippen LogP contribution >= 0.6 is 0 Å². The summed E-state index contributed by atoms with van der Waals surface area (Å²) in [6.45, 7) is 6.48. The van der Waals surface area contributed by atoms with E-state index in [4.69, 9.17) is 4.74 Å². The summed E-state index contributed by atoms with van der Waals surface area (Å²) < 4.78 is 32.0. The van der Waals surface area contributed by atoms with Crippen LogP contribution in [-0.2, 0) is 35.6 Å². The Kier molecular flexibility index (Phi) is 8.44. The van der Waals surface area contributed by atoms with E-state index in [2.05, 4.69) is 5.32 Å². The number of carbonyl (C=O) groups excluding carboxylic acids is 3. The van der Waals surface area contributed by atoms with Crippen molar-refractivity contribution in [2.45, 2.75) is 37.6 Å². The first kappa shape index (κ1) is 25.1. The lowest BCUT2D eigenvalue weighted by Crippen LogP contribution is -2.54. The monoisotopic (exact) mass is 480 g/mol. The van der Waals surface area contributed by atoms with Gasteiger partial charge in [0, 0.05) is 51.7 Å². The molecular formula is C22H32N4O6S. The minimum atomic E-state index is -3.54. The minimum Gasteiger partial charge on any atom is -0.379 e. The number of carbonyl (C=O) groups is 3. The van der Waals surface area contributed by atoms with E-state index in [1.807, 2.05) is 0 Å². The highest BCUT2D eigenvalue weighted by Crippen LogP contribution is 2.18. The molecule has 0 aromatic heterocycles. The zero-order valence-corrected chi connectivity index (χ0v) is 20.0. The predicted molar refractivity (Wildman–Crippen MR) is 121 cm³/mol. The number of nitrogens with zero attached hydrogens (tertiary/aromatic N) is 3. The summed E-state index contributed by atoms with van der Waals surface area (Å²) in [4.78, 5) is 40.0. The highest BCUT2D eigenvalue weighted by molar-refractivity contribution is 7.89. The molecule has 10 nitrogen and oxygen atoms in total. The molecule has 2 saturated heterocycles. The fourth-order valence-corrected chi connectivity index (χ4v) is 5.21. The Bertz CT molecular complexity index is 950. The lowest BCUT2D eigenvalue weighted by molar-refractivity contribution is -0.148. The molecule has 1 aromatic carbocycles. The molecule has 0 unspecified atom stereocenters. The Labute approximate surface area is 194 Å². The van der Waals surface area contributed by atoms with Crippen LogP contribution in [-0.4, -0.2) is 98.8 Å². The van der Waals surface area contributed by atoms with Crippen molar-refractivity contribution in [1.29, 1.82) is 0 Å². The lowest BCUT2D eigenvalue weighted by Gasteiger charge is -2.34. The molecule has 0 radical (unpaired) electrons. The summed E-state index contributed by atoms with van der Waals surface area (Å²) in [5.74, 6) is -1.22. The highest BCUT2D eigenvalue weighted by Gasteiger charge is 2.28. The molecule has 3 amide bonds. The zero-order chi connectivity index (χ0) is 24.0. The van der Waals surface area contributed by atoms with Crippen molar-refractivity contribution in [1.82, 2.24) is 19.4 Å². The van der Waals surface area contributed by atoms with Crippen LogP contribution in [0.5, 0.6) is 0 Å². The van der Waals surface area contributed by atoms with Crippen LogP contribution in [0.15, 0.2) is 29.2 Å². The van der Waals surface area contributed by atoms with Gasteiger partial charge in [-0.2, -0.15) is 4.31 Å². The second-order valence-corrected chi connectivity index (χ2v) is 10.4. The number of nitrogens with one attached hydrogen (secondary N) is 1. The third-order valence-corrected chi connectivity index (χ3v) is 7.61. The molecule has 182 valence electrons. The van der Waals surface area contributed by atoms with Crippen molar-refractivity contribution in [2.24, 2.45) is 0 Å². The summed E-state index contributed by atoms with van der Waals surface area (Å²) in [6.07, 6.45) is 0.782. The maximum atomic E-state index is 12.7. The van der Waals surface area contributed by atoms with Crippen LogP contribution in [0.4, 0.5) is 0 Å². The molecule has 1 aromatic rings. The van der Waals surface area contributed by atoms with Crippen molar-refractivity contribution in [3.63, 3.8) is 0 Å². The summed E-state index contributed by atoms with van der Waals surface area (Å²) in [6, 6.07) is 6.53. The fraction of sp³-hybridized carbons (Fsp3) is 0.591. The zero-order valence-electron chi connectivity index (χ0n) is 19.2. The number of hydrogen-bond acceptors (Lipinski definition) is 6. The molecule has 0 atom stereocenters. The number of benzene rings is 1. The third kappa shape index (κ3) is 6.52. The first-order valence-corrected chi connectivity index (χ1v) is 12.7. The second-order valence-electron chi connectivity index (χ2n) is 8.46. The number of amides is 3. The van der Waals surface area contributed by atoms with Crippen molar-refractivity contribution in [2.75, 3.05) is 52.5 Å². The van der Waals surface area contributed by atoms with E-state index in [1.54, 1.807) is 43.0 Å². The van der Waals surface area contributed by atoms with E-state index in [0.29, 0.717) is 58.9 Å². The molecule has 0 bridgehead atoms. The normalized spacial score (nSPS) is 17.8. The van der Waals surface area contributed by atoms with E-state index < -0.39 is 21.8 Å². The van der Waals surface area contributed by atoms with Crippen LogP contribution in [0, 0.1) is 0 Å². The van der Waals surface area contributed by atoms with Crippen molar-refractivity contribution >= 4 is 27.7 Å². The van der Waals surface area contributed by atoms with Crippen molar-refractivity contribution in [3.05, 3.63) is 29.8 Å². The Morgan fingerprint density at radius 2 is 1.52 bits per heavy atom. The van der Waals surface area contributed by atoms with Crippen LogP contribution in [0.2, 0.25) is 0 Å². The third-order valence-electron chi connectivity index (χ3n) is 5.69. The summed E-state index contributed by atoms with van der Waals surface area (Å²) in [7, 11) is -3.54. The SMILES string of the molecule is CC(C)NC(=O)C(=O)N1CCN(C(=O)CCc2ccc(S(=O)(=O)N3CCOCC3)cc2)CC1. The van der Waals surface area contributed by atoms with Crippen molar-refractivity contribution in [3.8, 4) is 0 Å². The predicted octanol–water partition coefficient (Wildman–Crippen LogP) is -0.164. The number of ether oxygens (including phenoxy) is 1. The van der Waals surface area contributed by atoms with E-state index in [9.17, 15) is 22.8 Å². The molecule has 2 fully saturated rings. The molecule has 2 aliphatic heterocycles. The molecule has 2 heterocycles. The molecular weight excluding hydrogens is 448 g/mol. The average molecular weight is 481 g/mol. The topological polar surface area (TPSA) is 116 Å². The standard InChI is InChI=1S/C22H32N4O6S/c1-17(2)23-21(28)22(29)25-11-9-24(10-12-25)20(27)8-5-18-3-6-19(7-4-18)33(30,31)26-13-15-32-16-14-26/h3-4,6-7,17H,5,8-16H2,1-2H3,(H,23,28). The van der Waals surface area contributed by atoms with E-state index in [0.717, 1.165) is 5.56 Å². The average Bonchev–Trinajstić information content (AvgIpc) is 2.82. The first-order valence-electron chi connectivity index (χ1n) is 11.2. The Hall–Kier alpha value is -2.50. The number of morpholine rings is 1. The number of hydrogen-bond donors (Lipinski definition) is 1. The maximum absolute atomic E-state index is 12.7. The van der Waals surface area contributed by atoms with Gasteiger partial charge in [-0.25, -0.2) is 8.42 Å². The molecule has 0 saturated carbocycles. The molecule has 33 heavy (non-hydrogen) atoms. The molecule has 1 N–H and O–H groups in total. The van der Waals surface area contributed by atoms with E-state index >= 15 is 0 Å². The Morgan fingerprint density at radius 3 is 2.09 bits per heavy atom. The number of sulfonamides is 1. The van der Waals surface area contributed by atoms with Gasteiger partial charge in [-0.15, -0.1) is 0 Å². The van der Waals surface area contributed by atoms with Gasteiger partial charge in [-0.3, -0.25) is 14.4 Å². The molecule has 0 spiro atoms. The number of rotatable bonds is 6. The Balaban J connectivity index is 1.46. The van der Waals surface area contributed by atoms with Gasteiger partial charge < -0.3 is 19.9 Å².